The molecule has 1 amide bonds. The molecule has 0 saturated heterocycles. The molecule has 4 rings (SSSR count). The van der Waals surface area contributed by atoms with E-state index in [9.17, 15) is 4.79 Å². The minimum Gasteiger partial charge on any atom is -0.305 e. The molecule has 6 heteroatoms. The second kappa shape index (κ2) is 7.75. The highest BCUT2D eigenvalue weighted by Gasteiger charge is 2.20. The van der Waals surface area contributed by atoms with Crippen LogP contribution in [0.15, 0.2) is 66.7 Å². The molecular weight excluding hydrogens is 362 g/mol. The molecule has 2 heterocycles. The van der Waals surface area contributed by atoms with Crippen LogP contribution in [0.4, 0.5) is 5.82 Å². The van der Waals surface area contributed by atoms with Crippen molar-refractivity contribution in [3.8, 4) is 5.69 Å². The van der Waals surface area contributed by atoms with Gasteiger partial charge in [0.25, 0.3) is 5.91 Å². The zero-order valence-corrected chi connectivity index (χ0v) is 16.8. The maximum Gasteiger partial charge on any atom is 0.260 e. The molecular formula is C23H23N5O. The van der Waals surface area contributed by atoms with Crippen molar-refractivity contribution in [1.29, 1.82) is 0 Å². The zero-order chi connectivity index (χ0) is 20.4. The number of hydrogen-bond donors (Lipinski definition) is 1. The summed E-state index contributed by atoms with van der Waals surface area (Å²) in [6, 6.07) is 21.8. The van der Waals surface area contributed by atoms with E-state index >= 15 is 0 Å². The molecule has 1 N–H and O–H groups in total. The lowest BCUT2D eigenvalue weighted by molar-refractivity contribution is 0.102. The molecule has 0 bridgehead atoms. The highest BCUT2D eigenvalue weighted by Crippen LogP contribution is 2.20. The minimum absolute atomic E-state index is 0.202. The van der Waals surface area contributed by atoms with Gasteiger partial charge >= 0.3 is 0 Å². The lowest BCUT2D eigenvalue weighted by Gasteiger charge is -2.06. The summed E-state index contributed by atoms with van der Waals surface area (Å²) in [5.41, 5.74) is 5.13. The first kappa shape index (κ1) is 18.7. The van der Waals surface area contributed by atoms with Crippen LogP contribution in [0.3, 0.4) is 0 Å². The summed E-state index contributed by atoms with van der Waals surface area (Å²) in [6.07, 6.45) is 0. The number of benzene rings is 2. The van der Waals surface area contributed by atoms with Gasteiger partial charge in [0.2, 0.25) is 0 Å². The van der Waals surface area contributed by atoms with Crippen molar-refractivity contribution >= 4 is 11.7 Å². The van der Waals surface area contributed by atoms with Gasteiger partial charge in [-0.15, -0.1) is 0 Å². The molecule has 0 atom stereocenters. The Kier molecular flexibility index (Phi) is 4.99. The molecule has 4 aromatic rings. The number of amides is 1. The maximum atomic E-state index is 13.0. The fourth-order valence-corrected chi connectivity index (χ4v) is 3.46. The SMILES string of the molecule is Cc1nn(-c2ccccc2)c(C)c1C(=O)Nc1cc(C)n(Cc2ccccc2)n1. The topological polar surface area (TPSA) is 64.7 Å². The van der Waals surface area contributed by atoms with Gasteiger partial charge in [-0.25, -0.2) is 4.68 Å². The first-order valence-corrected chi connectivity index (χ1v) is 9.54. The maximum absolute atomic E-state index is 13.0. The Bertz CT molecular complexity index is 1140. The van der Waals surface area contributed by atoms with Crippen molar-refractivity contribution in [2.24, 2.45) is 0 Å². The number of carbonyl (C=O) groups is 1. The fourth-order valence-electron chi connectivity index (χ4n) is 3.46. The van der Waals surface area contributed by atoms with Gasteiger partial charge < -0.3 is 5.32 Å². The molecule has 0 spiro atoms. The van der Waals surface area contributed by atoms with E-state index in [1.54, 1.807) is 4.68 Å². The van der Waals surface area contributed by atoms with E-state index < -0.39 is 0 Å². The minimum atomic E-state index is -0.202. The number of anilines is 1. The number of nitrogens with zero attached hydrogens (tertiary/aromatic N) is 4. The summed E-state index contributed by atoms with van der Waals surface area (Å²) in [4.78, 5) is 13.0. The van der Waals surface area contributed by atoms with Crippen LogP contribution in [0.25, 0.3) is 5.69 Å². The zero-order valence-electron chi connectivity index (χ0n) is 16.8. The first-order valence-electron chi connectivity index (χ1n) is 9.54. The number of para-hydroxylation sites is 1. The summed E-state index contributed by atoms with van der Waals surface area (Å²) >= 11 is 0. The summed E-state index contributed by atoms with van der Waals surface area (Å²) in [7, 11) is 0. The van der Waals surface area contributed by atoms with Crippen molar-refractivity contribution in [3.05, 3.63) is 94.9 Å². The Morgan fingerprint density at radius 2 is 1.59 bits per heavy atom. The molecule has 0 aliphatic rings. The van der Waals surface area contributed by atoms with Gasteiger partial charge in [0, 0.05) is 11.8 Å². The molecule has 0 aliphatic carbocycles. The van der Waals surface area contributed by atoms with Crippen LogP contribution in [-0.4, -0.2) is 25.5 Å². The quantitative estimate of drug-likeness (QED) is 0.557. The second-order valence-electron chi connectivity index (χ2n) is 7.06. The van der Waals surface area contributed by atoms with Gasteiger partial charge in [0.05, 0.1) is 29.2 Å². The molecule has 0 unspecified atom stereocenters. The summed E-state index contributed by atoms with van der Waals surface area (Å²) < 4.78 is 3.68. The van der Waals surface area contributed by atoms with Gasteiger partial charge in [-0.05, 0) is 38.5 Å². The lowest BCUT2D eigenvalue weighted by Crippen LogP contribution is -2.15. The average Bonchev–Trinajstić information content (AvgIpc) is 3.21. The van der Waals surface area contributed by atoms with E-state index in [-0.39, 0.29) is 5.91 Å². The number of aromatic nitrogens is 4. The largest absolute Gasteiger partial charge is 0.305 e. The lowest BCUT2D eigenvalue weighted by atomic mass is 10.2. The summed E-state index contributed by atoms with van der Waals surface area (Å²) in [5.74, 6) is 0.334. The van der Waals surface area contributed by atoms with E-state index in [1.165, 1.54) is 0 Å². The number of carbonyl (C=O) groups excluding carboxylic acids is 1. The van der Waals surface area contributed by atoms with Crippen LogP contribution in [0, 0.1) is 20.8 Å². The van der Waals surface area contributed by atoms with Crippen molar-refractivity contribution in [3.63, 3.8) is 0 Å². The van der Waals surface area contributed by atoms with Gasteiger partial charge in [-0.3, -0.25) is 9.48 Å². The van der Waals surface area contributed by atoms with Crippen molar-refractivity contribution < 1.29 is 4.79 Å². The molecule has 0 radical (unpaired) electrons. The Labute approximate surface area is 169 Å². The van der Waals surface area contributed by atoms with E-state index in [4.69, 9.17) is 0 Å². The molecule has 2 aromatic carbocycles. The average molecular weight is 385 g/mol. The molecule has 2 aromatic heterocycles. The van der Waals surface area contributed by atoms with Gasteiger partial charge in [0.1, 0.15) is 0 Å². The highest BCUT2D eigenvalue weighted by atomic mass is 16.1. The predicted molar refractivity (Wildman–Crippen MR) is 113 cm³/mol. The Morgan fingerprint density at radius 1 is 0.931 bits per heavy atom. The van der Waals surface area contributed by atoms with Crippen LogP contribution in [0.2, 0.25) is 0 Å². The fraction of sp³-hybridized carbons (Fsp3) is 0.174. The Balaban J connectivity index is 1.56. The number of hydrogen-bond acceptors (Lipinski definition) is 3. The highest BCUT2D eigenvalue weighted by molar-refractivity contribution is 6.05. The van der Waals surface area contributed by atoms with Crippen LogP contribution >= 0.6 is 0 Å². The van der Waals surface area contributed by atoms with Crippen LogP contribution in [0.5, 0.6) is 0 Å². The molecule has 0 aliphatic heterocycles. The Hall–Kier alpha value is -3.67. The molecule has 146 valence electrons. The standard InChI is InChI=1S/C23H23N5O/c1-16-14-21(26-27(16)15-19-10-6-4-7-11-19)24-23(29)22-17(2)25-28(18(22)3)20-12-8-5-9-13-20/h4-14H,15H2,1-3H3,(H,24,26,29). The van der Waals surface area contributed by atoms with E-state index in [1.807, 2.05) is 80.1 Å². The third-order valence-corrected chi connectivity index (χ3v) is 4.92. The number of aryl methyl sites for hydroxylation is 2. The van der Waals surface area contributed by atoms with E-state index in [0.717, 1.165) is 22.6 Å². The normalized spacial score (nSPS) is 10.9. The second-order valence-corrected chi connectivity index (χ2v) is 7.06. The number of rotatable bonds is 5. The smallest absolute Gasteiger partial charge is 0.260 e. The predicted octanol–water partition coefficient (Wildman–Crippen LogP) is 4.29. The van der Waals surface area contributed by atoms with Crippen molar-refractivity contribution in [2.45, 2.75) is 27.3 Å². The van der Waals surface area contributed by atoms with Crippen LogP contribution in [-0.2, 0) is 6.54 Å². The molecule has 29 heavy (non-hydrogen) atoms. The van der Waals surface area contributed by atoms with Crippen LogP contribution < -0.4 is 5.32 Å². The molecule has 0 fully saturated rings. The molecule has 0 saturated carbocycles. The van der Waals surface area contributed by atoms with Gasteiger partial charge in [-0.2, -0.15) is 10.2 Å². The monoisotopic (exact) mass is 385 g/mol. The first-order chi connectivity index (χ1) is 14.0. The van der Waals surface area contributed by atoms with E-state index in [0.29, 0.717) is 23.6 Å². The summed E-state index contributed by atoms with van der Waals surface area (Å²) in [5, 5.41) is 12.0. The molecule has 6 nitrogen and oxygen atoms in total. The third-order valence-electron chi connectivity index (χ3n) is 4.92. The van der Waals surface area contributed by atoms with Crippen LogP contribution in [0.1, 0.15) is 33.0 Å². The van der Waals surface area contributed by atoms with Gasteiger partial charge in [-0.1, -0.05) is 48.5 Å². The van der Waals surface area contributed by atoms with Gasteiger partial charge in [0.15, 0.2) is 5.82 Å². The third kappa shape index (κ3) is 3.82. The number of nitrogens with one attached hydrogen (secondary N) is 1. The Morgan fingerprint density at radius 3 is 2.28 bits per heavy atom. The van der Waals surface area contributed by atoms with Crippen molar-refractivity contribution in [2.75, 3.05) is 5.32 Å². The van der Waals surface area contributed by atoms with Crippen molar-refractivity contribution in [1.82, 2.24) is 19.6 Å². The summed E-state index contributed by atoms with van der Waals surface area (Å²) in [6.45, 7) is 6.39. The van der Waals surface area contributed by atoms with E-state index in [2.05, 4.69) is 27.6 Å².